The van der Waals surface area contributed by atoms with Gasteiger partial charge in [0.25, 0.3) is 0 Å². The number of benzene rings is 1. The van der Waals surface area contributed by atoms with Crippen molar-refractivity contribution in [3.05, 3.63) is 30.3 Å². The van der Waals surface area contributed by atoms with Crippen LogP contribution in [0.3, 0.4) is 0 Å². The van der Waals surface area contributed by atoms with E-state index in [9.17, 15) is 8.42 Å². The second-order valence-corrected chi connectivity index (χ2v) is 7.63. The van der Waals surface area contributed by atoms with E-state index in [4.69, 9.17) is 4.74 Å². The van der Waals surface area contributed by atoms with Gasteiger partial charge < -0.3 is 10.1 Å². The maximum atomic E-state index is 11.5. The lowest BCUT2D eigenvalue weighted by Gasteiger charge is -2.19. The average Bonchev–Trinajstić information content (AvgIpc) is 2.50. The van der Waals surface area contributed by atoms with Crippen LogP contribution in [0.15, 0.2) is 30.3 Å². The van der Waals surface area contributed by atoms with Gasteiger partial charge in [-0.1, -0.05) is 32.0 Å². The summed E-state index contributed by atoms with van der Waals surface area (Å²) in [4.78, 5) is 0. The first-order chi connectivity index (χ1) is 10.1. The van der Waals surface area contributed by atoms with E-state index in [1.165, 1.54) is 0 Å². The summed E-state index contributed by atoms with van der Waals surface area (Å²) in [6.45, 7) is 5.30. The third-order valence-electron chi connectivity index (χ3n) is 3.33. The predicted molar refractivity (Wildman–Crippen MR) is 87.6 cm³/mol. The molecule has 0 aliphatic carbocycles. The first kappa shape index (κ1) is 18.0. The van der Waals surface area contributed by atoms with Crippen molar-refractivity contribution in [3.8, 4) is 5.75 Å². The lowest BCUT2D eigenvalue weighted by molar-refractivity contribution is 0.256. The van der Waals surface area contributed by atoms with Crippen molar-refractivity contribution in [2.45, 2.75) is 39.2 Å². The minimum atomic E-state index is -2.87. The van der Waals surface area contributed by atoms with Gasteiger partial charge in [0.05, 0.1) is 5.75 Å². The lowest BCUT2D eigenvalue weighted by atomic mass is 10.2. The Kier molecular flexibility index (Phi) is 8.38. The van der Waals surface area contributed by atoms with E-state index in [1.807, 2.05) is 30.3 Å². The molecule has 1 rings (SSSR count). The molecule has 1 atom stereocenters. The third-order valence-corrected chi connectivity index (χ3v) is 5.12. The highest BCUT2D eigenvalue weighted by Gasteiger charge is 2.12. The highest BCUT2D eigenvalue weighted by Crippen LogP contribution is 2.10. The van der Waals surface area contributed by atoms with Crippen LogP contribution in [-0.2, 0) is 9.84 Å². The molecule has 0 heterocycles. The Labute approximate surface area is 128 Å². The fourth-order valence-corrected chi connectivity index (χ4v) is 2.90. The summed E-state index contributed by atoms with van der Waals surface area (Å²) in [5.41, 5.74) is 0. The second kappa shape index (κ2) is 9.79. The minimum Gasteiger partial charge on any atom is -0.492 e. The molecule has 1 aromatic rings. The molecule has 0 radical (unpaired) electrons. The molecular weight excluding hydrogens is 286 g/mol. The Morgan fingerprint density at radius 1 is 1.19 bits per heavy atom. The van der Waals surface area contributed by atoms with Gasteiger partial charge in [-0.2, -0.15) is 0 Å². The summed E-state index contributed by atoms with van der Waals surface area (Å²) < 4.78 is 28.8. The fraction of sp³-hybridized carbons (Fsp3) is 0.625. The van der Waals surface area contributed by atoms with E-state index < -0.39 is 9.84 Å². The lowest BCUT2D eigenvalue weighted by Crippen LogP contribution is -2.35. The first-order valence-electron chi connectivity index (χ1n) is 7.69. The summed E-state index contributed by atoms with van der Waals surface area (Å²) in [5.74, 6) is 1.33. The van der Waals surface area contributed by atoms with Gasteiger partial charge in [0.1, 0.15) is 22.2 Å². The van der Waals surface area contributed by atoms with Crippen LogP contribution in [0.4, 0.5) is 0 Å². The zero-order valence-electron chi connectivity index (χ0n) is 13.0. The van der Waals surface area contributed by atoms with Crippen molar-refractivity contribution in [2.24, 2.45) is 0 Å². The molecular formula is C16H27NO3S. The van der Waals surface area contributed by atoms with Crippen LogP contribution < -0.4 is 10.1 Å². The third kappa shape index (κ3) is 8.07. The smallest absolute Gasteiger partial charge is 0.150 e. The molecule has 1 aromatic carbocycles. The van der Waals surface area contributed by atoms with Gasteiger partial charge in [0.15, 0.2) is 0 Å². The molecule has 0 aromatic heterocycles. The summed E-state index contributed by atoms with van der Waals surface area (Å²) >= 11 is 0. The van der Waals surface area contributed by atoms with Gasteiger partial charge in [-0.25, -0.2) is 8.42 Å². The van der Waals surface area contributed by atoms with Crippen LogP contribution >= 0.6 is 0 Å². The standard InChI is InChI=1S/C16H27NO3S/c1-3-12-17-15(9-8-13-21(18,19)4-2)14-20-16-10-6-5-7-11-16/h5-7,10-11,15,17H,3-4,8-9,12-14H2,1-2H3. The first-order valence-corrected chi connectivity index (χ1v) is 9.51. The van der Waals surface area contributed by atoms with E-state index >= 15 is 0 Å². The number of hydrogen-bond donors (Lipinski definition) is 1. The largest absolute Gasteiger partial charge is 0.492 e. The van der Waals surface area contributed by atoms with E-state index in [1.54, 1.807) is 6.92 Å². The van der Waals surface area contributed by atoms with E-state index in [0.717, 1.165) is 25.1 Å². The molecule has 120 valence electrons. The zero-order valence-corrected chi connectivity index (χ0v) is 13.9. The number of rotatable bonds is 11. The van der Waals surface area contributed by atoms with Crippen LogP contribution in [0.5, 0.6) is 5.75 Å². The average molecular weight is 313 g/mol. The molecule has 21 heavy (non-hydrogen) atoms. The van der Waals surface area contributed by atoms with Crippen molar-refractivity contribution in [3.63, 3.8) is 0 Å². The van der Waals surface area contributed by atoms with Gasteiger partial charge in [0, 0.05) is 11.8 Å². The SMILES string of the molecule is CCCNC(CCCS(=O)(=O)CC)COc1ccccc1. The van der Waals surface area contributed by atoms with Gasteiger partial charge in [0.2, 0.25) is 0 Å². The number of sulfone groups is 1. The Morgan fingerprint density at radius 3 is 2.52 bits per heavy atom. The van der Waals surface area contributed by atoms with Gasteiger partial charge in [-0.15, -0.1) is 0 Å². The van der Waals surface area contributed by atoms with Crippen molar-refractivity contribution in [1.82, 2.24) is 5.32 Å². The molecule has 0 saturated carbocycles. The Morgan fingerprint density at radius 2 is 1.90 bits per heavy atom. The summed E-state index contributed by atoms with van der Waals surface area (Å²) in [6.07, 6.45) is 2.54. The quantitative estimate of drug-likeness (QED) is 0.682. The topological polar surface area (TPSA) is 55.4 Å². The summed E-state index contributed by atoms with van der Waals surface area (Å²) in [5, 5.41) is 3.42. The molecule has 1 N–H and O–H groups in total. The maximum Gasteiger partial charge on any atom is 0.150 e. The van der Waals surface area contributed by atoms with Crippen LogP contribution in [0.1, 0.15) is 33.1 Å². The number of hydrogen-bond acceptors (Lipinski definition) is 4. The number of para-hydroxylation sites is 1. The Balaban J connectivity index is 2.40. The molecule has 0 aliphatic heterocycles. The fourth-order valence-electron chi connectivity index (χ4n) is 2.00. The Bertz CT molecular complexity index is 474. The van der Waals surface area contributed by atoms with E-state index in [2.05, 4.69) is 12.2 Å². The van der Waals surface area contributed by atoms with Crippen molar-refractivity contribution in [1.29, 1.82) is 0 Å². The summed E-state index contributed by atoms with van der Waals surface area (Å²) in [7, 11) is -2.87. The molecule has 0 aliphatic rings. The number of nitrogens with one attached hydrogen (secondary N) is 1. The molecule has 0 spiro atoms. The predicted octanol–water partition coefficient (Wildman–Crippen LogP) is 2.65. The Hall–Kier alpha value is -1.07. The van der Waals surface area contributed by atoms with Crippen molar-refractivity contribution < 1.29 is 13.2 Å². The maximum absolute atomic E-state index is 11.5. The number of ether oxygens (including phenoxy) is 1. The van der Waals surface area contributed by atoms with Gasteiger partial charge in [-0.05, 0) is 37.9 Å². The molecule has 0 fully saturated rings. The molecule has 1 unspecified atom stereocenters. The van der Waals surface area contributed by atoms with Crippen molar-refractivity contribution >= 4 is 9.84 Å². The molecule has 0 amide bonds. The van der Waals surface area contributed by atoms with Gasteiger partial charge in [-0.3, -0.25) is 0 Å². The molecule has 0 bridgehead atoms. The van der Waals surface area contributed by atoms with Crippen LogP contribution in [-0.4, -0.2) is 39.1 Å². The van der Waals surface area contributed by atoms with Crippen LogP contribution in [0.2, 0.25) is 0 Å². The van der Waals surface area contributed by atoms with Crippen LogP contribution in [0.25, 0.3) is 0 Å². The highest BCUT2D eigenvalue weighted by molar-refractivity contribution is 7.91. The minimum absolute atomic E-state index is 0.192. The monoisotopic (exact) mass is 313 g/mol. The van der Waals surface area contributed by atoms with E-state index in [-0.39, 0.29) is 17.5 Å². The van der Waals surface area contributed by atoms with Gasteiger partial charge >= 0.3 is 0 Å². The summed E-state index contributed by atoms with van der Waals surface area (Å²) in [6, 6.07) is 9.89. The molecule has 0 saturated heterocycles. The normalized spacial score (nSPS) is 13.0. The van der Waals surface area contributed by atoms with Crippen LogP contribution in [0, 0.1) is 0 Å². The highest BCUT2D eigenvalue weighted by atomic mass is 32.2. The molecule has 4 nitrogen and oxygen atoms in total. The van der Waals surface area contributed by atoms with E-state index in [0.29, 0.717) is 13.0 Å². The zero-order chi connectivity index (χ0) is 15.6. The second-order valence-electron chi connectivity index (χ2n) is 5.15. The van der Waals surface area contributed by atoms with Crippen molar-refractivity contribution in [2.75, 3.05) is 24.7 Å². The molecule has 5 heteroatoms.